The van der Waals surface area contributed by atoms with Crippen LogP contribution >= 0.6 is 0 Å². The zero-order valence-corrected chi connectivity index (χ0v) is 17.2. The Bertz CT molecular complexity index is 1040. The molecule has 156 valence electrons. The molecule has 2 heterocycles. The van der Waals surface area contributed by atoms with Gasteiger partial charge in [-0.25, -0.2) is 4.39 Å². The minimum atomic E-state index is -0.224. The molecule has 1 aromatic heterocycles. The number of likely N-dealkylation sites (tertiary alicyclic amines) is 1. The number of hydrogen-bond acceptors (Lipinski definition) is 2. The normalized spacial score (nSPS) is 20.2. The van der Waals surface area contributed by atoms with Gasteiger partial charge >= 0.3 is 0 Å². The molecule has 0 radical (unpaired) electrons. The van der Waals surface area contributed by atoms with Crippen LogP contribution in [0.25, 0.3) is 10.9 Å². The molecule has 1 amide bonds. The number of rotatable bonds is 4. The molecule has 1 saturated heterocycles. The van der Waals surface area contributed by atoms with Crippen molar-refractivity contribution in [2.24, 2.45) is 5.92 Å². The van der Waals surface area contributed by atoms with Crippen LogP contribution in [0.5, 0.6) is 0 Å². The number of aromatic nitrogens is 1. The van der Waals surface area contributed by atoms with Gasteiger partial charge in [0.15, 0.2) is 0 Å². The molecule has 1 atom stereocenters. The van der Waals surface area contributed by atoms with Crippen LogP contribution in [-0.4, -0.2) is 34.9 Å². The minimum Gasteiger partial charge on any atom is -0.358 e. The highest BCUT2D eigenvalue weighted by Crippen LogP contribution is 2.32. The van der Waals surface area contributed by atoms with E-state index in [0.29, 0.717) is 6.42 Å². The first-order valence-corrected chi connectivity index (χ1v) is 11.0. The number of carbonyl (C=O) groups is 1. The third-order valence-corrected chi connectivity index (χ3v) is 6.70. The SMILES string of the molecule is O=C(NC1CCN(Cc2ccccc2)CC1)C1CCc2[nH]c3ccc(F)cc3c2C1. The Hall–Kier alpha value is -2.66. The Kier molecular flexibility index (Phi) is 5.30. The van der Waals surface area contributed by atoms with E-state index in [2.05, 4.69) is 39.5 Å². The van der Waals surface area contributed by atoms with Crippen LogP contribution < -0.4 is 5.32 Å². The summed E-state index contributed by atoms with van der Waals surface area (Å²) in [6, 6.07) is 15.7. The van der Waals surface area contributed by atoms with Gasteiger partial charge in [0.1, 0.15) is 5.82 Å². The molecule has 2 aromatic carbocycles. The number of hydrogen-bond donors (Lipinski definition) is 2. The molecule has 1 aliphatic heterocycles. The molecule has 0 spiro atoms. The highest BCUT2D eigenvalue weighted by molar-refractivity contribution is 5.87. The number of piperidine rings is 1. The standard InChI is InChI=1S/C25H28FN3O/c26-19-7-9-24-22(15-19)21-14-18(6-8-23(21)28-24)25(30)27-20-10-12-29(13-11-20)16-17-4-2-1-3-5-17/h1-5,7,9,15,18,20,28H,6,8,10-14,16H2,(H,27,30). The zero-order valence-electron chi connectivity index (χ0n) is 17.2. The second kappa shape index (κ2) is 8.23. The van der Waals surface area contributed by atoms with E-state index in [4.69, 9.17) is 0 Å². The number of nitrogens with zero attached hydrogens (tertiary/aromatic N) is 1. The molecular formula is C25H28FN3O. The number of carbonyl (C=O) groups excluding carboxylic acids is 1. The van der Waals surface area contributed by atoms with E-state index in [1.54, 1.807) is 12.1 Å². The molecule has 1 unspecified atom stereocenters. The lowest BCUT2D eigenvalue weighted by atomic mass is 9.85. The number of amides is 1. The van der Waals surface area contributed by atoms with Gasteiger partial charge in [-0.2, -0.15) is 0 Å². The molecule has 30 heavy (non-hydrogen) atoms. The van der Waals surface area contributed by atoms with Crippen molar-refractivity contribution in [3.63, 3.8) is 0 Å². The number of aryl methyl sites for hydroxylation is 1. The maximum Gasteiger partial charge on any atom is 0.223 e. The van der Waals surface area contributed by atoms with Crippen LogP contribution in [0, 0.1) is 11.7 Å². The Morgan fingerprint density at radius 2 is 1.90 bits per heavy atom. The summed E-state index contributed by atoms with van der Waals surface area (Å²) in [6.07, 6.45) is 4.38. The fourth-order valence-electron chi connectivity index (χ4n) is 5.01. The molecule has 0 bridgehead atoms. The molecule has 2 N–H and O–H groups in total. The van der Waals surface area contributed by atoms with Gasteiger partial charge in [-0.3, -0.25) is 9.69 Å². The Balaban J connectivity index is 1.17. The average molecular weight is 406 g/mol. The molecule has 5 heteroatoms. The van der Waals surface area contributed by atoms with Gasteiger partial charge in [-0.1, -0.05) is 30.3 Å². The molecule has 3 aromatic rings. The summed E-state index contributed by atoms with van der Waals surface area (Å²) in [6.45, 7) is 3.00. The average Bonchev–Trinajstić information content (AvgIpc) is 3.13. The van der Waals surface area contributed by atoms with Crippen LogP contribution in [0.3, 0.4) is 0 Å². The molecule has 2 aliphatic rings. The molecule has 1 aliphatic carbocycles. The largest absolute Gasteiger partial charge is 0.358 e. The van der Waals surface area contributed by atoms with Gasteiger partial charge in [0, 0.05) is 48.2 Å². The fraction of sp³-hybridized carbons (Fsp3) is 0.400. The van der Waals surface area contributed by atoms with Gasteiger partial charge in [-0.05, 0) is 61.4 Å². The number of halogens is 1. The van der Waals surface area contributed by atoms with Crippen molar-refractivity contribution in [2.75, 3.05) is 13.1 Å². The van der Waals surface area contributed by atoms with Crippen molar-refractivity contribution in [3.8, 4) is 0 Å². The highest BCUT2D eigenvalue weighted by Gasteiger charge is 2.29. The van der Waals surface area contributed by atoms with Crippen molar-refractivity contribution in [2.45, 2.75) is 44.7 Å². The number of aromatic amines is 1. The van der Waals surface area contributed by atoms with E-state index in [9.17, 15) is 9.18 Å². The number of benzene rings is 2. The van der Waals surface area contributed by atoms with E-state index in [-0.39, 0.29) is 23.7 Å². The lowest BCUT2D eigenvalue weighted by Gasteiger charge is -2.33. The second-order valence-corrected chi connectivity index (χ2v) is 8.76. The Morgan fingerprint density at radius 3 is 2.70 bits per heavy atom. The summed E-state index contributed by atoms with van der Waals surface area (Å²) in [5.41, 5.74) is 4.59. The van der Waals surface area contributed by atoms with Crippen molar-refractivity contribution in [1.29, 1.82) is 0 Å². The maximum absolute atomic E-state index is 13.7. The summed E-state index contributed by atoms with van der Waals surface area (Å²) < 4.78 is 13.7. The van der Waals surface area contributed by atoms with Crippen LogP contribution in [0.15, 0.2) is 48.5 Å². The number of H-pyrrole nitrogens is 1. The molecular weight excluding hydrogens is 377 g/mol. The Morgan fingerprint density at radius 1 is 1.10 bits per heavy atom. The van der Waals surface area contributed by atoms with Crippen LogP contribution in [0.1, 0.15) is 36.1 Å². The van der Waals surface area contributed by atoms with E-state index in [1.165, 1.54) is 11.6 Å². The molecule has 1 fully saturated rings. The summed E-state index contributed by atoms with van der Waals surface area (Å²) in [5, 5.41) is 4.23. The smallest absolute Gasteiger partial charge is 0.223 e. The number of nitrogens with one attached hydrogen (secondary N) is 2. The van der Waals surface area contributed by atoms with E-state index in [0.717, 1.165) is 67.5 Å². The monoisotopic (exact) mass is 405 g/mol. The lowest BCUT2D eigenvalue weighted by Crippen LogP contribution is -2.46. The highest BCUT2D eigenvalue weighted by atomic mass is 19.1. The van der Waals surface area contributed by atoms with Gasteiger partial charge in [0.25, 0.3) is 0 Å². The molecule has 4 nitrogen and oxygen atoms in total. The maximum atomic E-state index is 13.7. The summed E-state index contributed by atoms with van der Waals surface area (Å²) in [5.74, 6) is -0.0897. The van der Waals surface area contributed by atoms with E-state index >= 15 is 0 Å². The third kappa shape index (κ3) is 3.99. The summed E-state index contributed by atoms with van der Waals surface area (Å²) in [7, 11) is 0. The van der Waals surface area contributed by atoms with E-state index in [1.807, 2.05) is 6.07 Å². The van der Waals surface area contributed by atoms with Crippen LogP contribution in [0.4, 0.5) is 4.39 Å². The topological polar surface area (TPSA) is 48.1 Å². The zero-order chi connectivity index (χ0) is 20.5. The van der Waals surface area contributed by atoms with Gasteiger partial charge in [-0.15, -0.1) is 0 Å². The second-order valence-electron chi connectivity index (χ2n) is 8.76. The molecule has 0 saturated carbocycles. The first-order valence-electron chi connectivity index (χ1n) is 11.0. The number of fused-ring (bicyclic) bond motifs is 3. The third-order valence-electron chi connectivity index (χ3n) is 6.70. The Labute approximate surface area is 176 Å². The summed E-state index contributed by atoms with van der Waals surface area (Å²) >= 11 is 0. The van der Waals surface area contributed by atoms with Gasteiger partial charge in [0.05, 0.1) is 0 Å². The van der Waals surface area contributed by atoms with Crippen molar-refractivity contribution >= 4 is 16.8 Å². The predicted octanol–water partition coefficient (Wildman–Crippen LogP) is 4.19. The predicted molar refractivity (Wildman–Crippen MR) is 117 cm³/mol. The molecule has 5 rings (SSSR count). The van der Waals surface area contributed by atoms with E-state index < -0.39 is 0 Å². The fourth-order valence-corrected chi connectivity index (χ4v) is 5.01. The van der Waals surface area contributed by atoms with Crippen molar-refractivity contribution in [1.82, 2.24) is 15.2 Å². The summed E-state index contributed by atoms with van der Waals surface area (Å²) in [4.78, 5) is 18.8. The van der Waals surface area contributed by atoms with Crippen molar-refractivity contribution < 1.29 is 9.18 Å². The van der Waals surface area contributed by atoms with Gasteiger partial charge < -0.3 is 10.3 Å². The van der Waals surface area contributed by atoms with Crippen LogP contribution in [0.2, 0.25) is 0 Å². The van der Waals surface area contributed by atoms with Crippen molar-refractivity contribution in [3.05, 3.63) is 71.2 Å². The first-order chi connectivity index (χ1) is 14.7. The van der Waals surface area contributed by atoms with Gasteiger partial charge in [0.2, 0.25) is 5.91 Å². The first kappa shape index (κ1) is 19.3. The lowest BCUT2D eigenvalue weighted by molar-refractivity contribution is -0.126. The minimum absolute atomic E-state index is 0.0258. The van der Waals surface area contributed by atoms with Crippen LogP contribution in [-0.2, 0) is 24.2 Å². The quantitative estimate of drug-likeness (QED) is 0.684.